The van der Waals surface area contributed by atoms with Gasteiger partial charge in [0.15, 0.2) is 0 Å². The molecule has 0 saturated carbocycles. The van der Waals surface area contributed by atoms with E-state index in [4.69, 9.17) is 22.5 Å². The lowest BCUT2D eigenvalue weighted by molar-refractivity contribution is -0.145. The molecule has 2 aromatic rings. The molecular weight excluding hydrogens is 344 g/mol. The molecule has 0 saturated heterocycles. The van der Waals surface area contributed by atoms with Crippen LogP contribution in [0.15, 0.2) is 30.5 Å². The third-order valence-corrected chi connectivity index (χ3v) is 4.04. The van der Waals surface area contributed by atoms with E-state index in [2.05, 4.69) is 10.8 Å². The SMILES string of the molecule is [C-]#[N+]C(CC#C)(Cc1cn(C(=O)OC(C)(C)C)c2ccccc12)C(=O)OC. The molecule has 0 bridgehead atoms. The van der Waals surface area contributed by atoms with Gasteiger partial charge < -0.3 is 9.47 Å². The Morgan fingerprint density at radius 2 is 1.96 bits per heavy atom. The van der Waals surface area contributed by atoms with E-state index in [-0.39, 0.29) is 12.8 Å². The van der Waals surface area contributed by atoms with Crippen LogP contribution in [0.1, 0.15) is 32.8 Å². The van der Waals surface area contributed by atoms with Crippen LogP contribution in [0.2, 0.25) is 0 Å². The number of benzene rings is 1. The molecule has 6 heteroatoms. The van der Waals surface area contributed by atoms with Crippen LogP contribution in [-0.4, -0.2) is 34.9 Å². The van der Waals surface area contributed by atoms with Crippen molar-refractivity contribution in [3.05, 3.63) is 47.4 Å². The molecule has 0 radical (unpaired) electrons. The average molecular weight is 366 g/mol. The van der Waals surface area contributed by atoms with E-state index in [1.165, 1.54) is 11.7 Å². The Morgan fingerprint density at radius 3 is 2.52 bits per heavy atom. The molecule has 0 fully saturated rings. The highest BCUT2D eigenvalue weighted by Crippen LogP contribution is 2.30. The first-order chi connectivity index (χ1) is 12.7. The third kappa shape index (κ3) is 4.12. The number of hydrogen-bond donors (Lipinski definition) is 0. The van der Waals surface area contributed by atoms with Crippen molar-refractivity contribution in [1.82, 2.24) is 4.57 Å². The largest absolute Gasteiger partial charge is 0.463 e. The molecular formula is C21H22N2O4. The fourth-order valence-electron chi connectivity index (χ4n) is 2.86. The fourth-order valence-corrected chi connectivity index (χ4v) is 2.86. The molecule has 0 spiro atoms. The summed E-state index contributed by atoms with van der Waals surface area (Å²) in [4.78, 5) is 28.4. The quantitative estimate of drug-likeness (QED) is 0.469. The van der Waals surface area contributed by atoms with Gasteiger partial charge in [0, 0.05) is 11.6 Å². The molecule has 1 heterocycles. The van der Waals surface area contributed by atoms with Gasteiger partial charge in [-0.2, -0.15) is 0 Å². The lowest BCUT2D eigenvalue weighted by atomic mass is 9.88. The summed E-state index contributed by atoms with van der Waals surface area (Å²) in [7, 11) is 1.22. The van der Waals surface area contributed by atoms with Gasteiger partial charge in [0.05, 0.1) is 25.5 Å². The summed E-state index contributed by atoms with van der Waals surface area (Å²) < 4.78 is 11.7. The maximum absolute atomic E-state index is 12.6. The molecule has 1 atom stereocenters. The molecule has 27 heavy (non-hydrogen) atoms. The Hall–Kier alpha value is -3.25. The number of methoxy groups -OCH3 is 1. The predicted molar refractivity (Wildman–Crippen MR) is 102 cm³/mol. The van der Waals surface area contributed by atoms with Gasteiger partial charge in [0.2, 0.25) is 0 Å². The third-order valence-electron chi connectivity index (χ3n) is 4.04. The molecule has 1 aromatic heterocycles. The van der Waals surface area contributed by atoms with Gasteiger partial charge in [0.25, 0.3) is 0 Å². The van der Waals surface area contributed by atoms with E-state index in [0.29, 0.717) is 11.1 Å². The first-order valence-corrected chi connectivity index (χ1v) is 8.40. The van der Waals surface area contributed by atoms with Crippen molar-refractivity contribution >= 4 is 23.0 Å². The van der Waals surface area contributed by atoms with Crippen LogP contribution in [0.4, 0.5) is 4.79 Å². The molecule has 0 N–H and O–H groups in total. The van der Waals surface area contributed by atoms with Crippen LogP contribution >= 0.6 is 0 Å². The number of terminal acetylenes is 1. The molecule has 0 aliphatic carbocycles. The van der Waals surface area contributed by atoms with Crippen molar-refractivity contribution in [2.24, 2.45) is 0 Å². The fraction of sp³-hybridized carbons (Fsp3) is 0.381. The first-order valence-electron chi connectivity index (χ1n) is 8.40. The minimum atomic E-state index is -1.54. The van der Waals surface area contributed by atoms with E-state index >= 15 is 0 Å². The summed E-state index contributed by atoms with van der Waals surface area (Å²) in [6.45, 7) is 12.9. The molecule has 0 aliphatic heterocycles. The molecule has 0 aliphatic rings. The van der Waals surface area contributed by atoms with E-state index in [1.807, 2.05) is 12.1 Å². The van der Waals surface area contributed by atoms with E-state index < -0.39 is 23.2 Å². The Balaban J connectivity index is 2.57. The number of nitrogens with zero attached hydrogens (tertiary/aromatic N) is 2. The summed E-state index contributed by atoms with van der Waals surface area (Å²) in [6.07, 6.45) is 6.40. The van der Waals surface area contributed by atoms with Crippen LogP contribution in [0.3, 0.4) is 0 Å². The Kier molecular flexibility index (Phi) is 5.61. The zero-order chi connectivity index (χ0) is 20.2. The van der Waals surface area contributed by atoms with Crippen LogP contribution in [0.25, 0.3) is 15.7 Å². The van der Waals surface area contributed by atoms with Crippen molar-refractivity contribution in [3.8, 4) is 12.3 Å². The topological polar surface area (TPSA) is 61.9 Å². The molecule has 1 unspecified atom stereocenters. The summed E-state index contributed by atoms with van der Waals surface area (Å²) in [5, 5.41) is 0.748. The summed E-state index contributed by atoms with van der Waals surface area (Å²) in [5.74, 6) is 1.70. The molecule has 1 aromatic carbocycles. The van der Waals surface area contributed by atoms with Crippen molar-refractivity contribution in [1.29, 1.82) is 0 Å². The van der Waals surface area contributed by atoms with Gasteiger partial charge in [-0.25, -0.2) is 16.2 Å². The lowest BCUT2D eigenvalue weighted by Crippen LogP contribution is -2.38. The van der Waals surface area contributed by atoms with E-state index in [0.717, 1.165) is 5.39 Å². The zero-order valence-corrected chi connectivity index (χ0v) is 15.9. The molecule has 2 rings (SSSR count). The van der Waals surface area contributed by atoms with Gasteiger partial charge in [-0.15, -0.1) is 6.42 Å². The molecule has 140 valence electrons. The van der Waals surface area contributed by atoms with Gasteiger partial charge in [-0.1, -0.05) is 24.1 Å². The minimum absolute atomic E-state index is 0.0314. The van der Waals surface area contributed by atoms with Crippen LogP contribution in [0.5, 0.6) is 0 Å². The van der Waals surface area contributed by atoms with Crippen LogP contribution < -0.4 is 0 Å². The minimum Gasteiger partial charge on any atom is -0.463 e. The Labute approximate surface area is 158 Å². The monoisotopic (exact) mass is 366 g/mol. The number of carbonyl (C=O) groups is 2. The number of para-hydroxylation sites is 1. The summed E-state index contributed by atoms with van der Waals surface area (Å²) >= 11 is 0. The number of ether oxygens (including phenoxy) is 2. The molecule has 0 amide bonds. The number of aromatic nitrogens is 1. The summed E-state index contributed by atoms with van der Waals surface area (Å²) in [5.41, 5.74) is -0.913. The Morgan fingerprint density at radius 1 is 1.30 bits per heavy atom. The van der Waals surface area contributed by atoms with Crippen LogP contribution in [0, 0.1) is 18.9 Å². The highest BCUT2D eigenvalue weighted by Gasteiger charge is 2.47. The molecule has 6 nitrogen and oxygen atoms in total. The van der Waals surface area contributed by atoms with E-state index in [1.54, 1.807) is 39.1 Å². The van der Waals surface area contributed by atoms with Gasteiger partial charge in [0.1, 0.15) is 5.60 Å². The van der Waals surface area contributed by atoms with Crippen molar-refractivity contribution < 1.29 is 19.1 Å². The van der Waals surface area contributed by atoms with Gasteiger partial charge in [-0.3, -0.25) is 9.41 Å². The number of fused-ring (bicyclic) bond motifs is 1. The second-order valence-electron chi connectivity index (χ2n) is 7.21. The Bertz CT molecular complexity index is 953. The zero-order valence-electron chi connectivity index (χ0n) is 15.9. The summed E-state index contributed by atoms with van der Waals surface area (Å²) in [6, 6.07) is 7.23. The van der Waals surface area contributed by atoms with E-state index in [9.17, 15) is 9.59 Å². The highest BCUT2D eigenvalue weighted by atomic mass is 16.6. The smallest absolute Gasteiger partial charge is 0.419 e. The standard InChI is InChI=1S/C21H22N2O4/c1-7-12-21(22-5,18(24)26-6)13-15-14-23(19(25)27-20(2,3)4)17-11-9-8-10-16(15)17/h1,8-11,14H,12-13H2,2-4,6H3. The van der Waals surface area contributed by atoms with Crippen molar-refractivity contribution in [2.45, 2.75) is 44.8 Å². The second kappa shape index (κ2) is 7.55. The second-order valence-corrected chi connectivity index (χ2v) is 7.21. The van der Waals surface area contributed by atoms with Crippen molar-refractivity contribution in [2.75, 3.05) is 7.11 Å². The average Bonchev–Trinajstić information content (AvgIpc) is 2.98. The van der Waals surface area contributed by atoms with Gasteiger partial charge >= 0.3 is 17.6 Å². The number of esters is 1. The number of hydrogen-bond acceptors (Lipinski definition) is 4. The lowest BCUT2D eigenvalue weighted by Gasteiger charge is -2.19. The maximum atomic E-state index is 12.6. The van der Waals surface area contributed by atoms with Crippen molar-refractivity contribution in [3.63, 3.8) is 0 Å². The number of rotatable bonds is 4. The maximum Gasteiger partial charge on any atom is 0.419 e. The highest BCUT2D eigenvalue weighted by molar-refractivity contribution is 5.93. The normalized spacial score (nSPS) is 13.3. The number of carbonyl (C=O) groups excluding carboxylic acids is 2. The van der Waals surface area contributed by atoms with Gasteiger partial charge in [-0.05, 0) is 32.4 Å². The van der Waals surface area contributed by atoms with Crippen LogP contribution in [-0.2, 0) is 20.7 Å². The predicted octanol–water partition coefficient (Wildman–Crippen LogP) is 3.82. The first kappa shape index (κ1) is 20.1.